The van der Waals surface area contributed by atoms with Crippen LogP contribution in [0.4, 0.5) is 5.82 Å². The number of nitriles is 1. The zero-order chi connectivity index (χ0) is 28.2. The van der Waals surface area contributed by atoms with Crippen molar-refractivity contribution in [3.63, 3.8) is 0 Å². The van der Waals surface area contributed by atoms with Crippen molar-refractivity contribution in [1.29, 1.82) is 5.26 Å². The molecular formula is C29H23Cl2N7O2. The molecule has 0 bridgehead atoms. The number of hydrogen-bond acceptors (Lipinski definition) is 6. The molecule has 2 heterocycles. The van der Waals surface area contributed by atoms with E-state index in [1.54, 1.807) is 54.6 Å². The maximum Gasteiger partial charge on any atom is 0.287 e. The van der Waals surface area contributed by atoms with Gasteiger partial charge in [0, 0.05) is 28.7 Å². The number of imidazole rings is 1. The Labute approximate surface area is 239 Å². The molecule has 0 radical (unpaired) electrons. The molecular weight excluding hydrogens is 549 g/mol. The Hall–Kier alpha value is -4.65. The first kappa shape index (κ1) is 26.9. The lowest BCUT2D eigenvalue weighted by Gasteiger charge is -2.11. The molecule has 0 saturated carbocycles. The number of H-pyrrole nitrogens is 1. The van der Waals surface area contributed by atoms with E-state index in [-0.39, 0.29) is 28.8 Å². The molecule has 2 aromatic heterocycles. The predicted octanol–water partition coefficient (Wildman–Crippen LogP) is 5.70. The zero-order valence-electron chi connectivity index (χ0n) is 21.3. The molecule has 0 saturated heterocycles. The first-order valence-corrected chi connectivity index (χ1v) is 13.2. The third-order valence-corrected chi connectivity index (χ3v) is 6.68. The highest BCUT2D eigenvalue weighted by Crippen LogP contribution is 2.26. The van der Waals surface area contributed by atoms with Crippen molar-refractivity contribution in [2.75, 3.05) is 18.4 Å². The summed E-state index contributed by atoms with van der Waals surface area (Å²) < 4.78 is 1.52. The molecule has 0 fully saturated rings. The number of rotatable bonds is 9. The average Bonchev–Trinajstić information content (AvgIpc) is 3.54. The molecule has 0 aliphatic heterocycles. The number of aromatic nitrogens is 4. The summed E-state index contributed by atoms with van der Waals surface area (Å²) in [6.45, 7) is 2.67. The van der Waals surface area contributed by atoms with Crippen molar-refractivity contribution in [1.82, 2.24) is 25.1 Å². The lowest BCUT2D eigenvalue weighted by atomic mass is 10.0. The van der Waals surface area contributed by atoms with Crippen LogP contribution in [0.3, 0.4) is 0 Å². The molecule has 200 valence electrons. The topological polar surface area (TPSA) is 128 Å². The minimum atomic E-state index is -0.355. The van der Waals surface area contributed by atoms with Gasteiger partial charge in [-0.25, -0.2) is 9.67 Å². The number of nitrogens with one attached hydrogen (secondary N) is 3. The van der Waals surface area contributed by atoms with E-state index in [1.807, 2.05) is 19.1 Å². The van der Waals surface area contributed by atoms with Gasteiger partial charge in [0.1, 0.15) is 17.5 Å². The van der Waals surface area contributed by atoms with Gasteiger partial charge in [0.25, 0.3) is 5.91 Å². The van der Waals surface area contributed by atoms with Gasteiger partial charge in [0.05, 0.1) is 16.7 Å². The summed E-state index contributed by atoms with van der Waals surface area (Å²) >= 11 is 12.1. The third-order valence-electron chi connectivity index (χ3n) is 6.19. The van der Waals surface area contributed by atoms with Gasteiger partial charge in [-0.1, -0.05) is 53.0 Å². The summed E-state index contributed by atoms with van der Waals surface area (Å²) in [5.74, 6) is -0.133. The van der Waals surface area contributed by atoms with Gasteiger partial charge in [0.15, 0.2) is 11.5 Å². The van der Waals surface area contributed by atoms with Gasteiger partial charge in [-0.3, -0.25) is 9.59 Å². The predicted molar refractivity (Wildman–Crippen MR) is 154 cm³/mol. The lowest BCUT2D eigenvalue weighted by Crippen LogP contribution is -2.27. The second kappa shape index (κ2) is 11.6. The standard InChI is InChI=1S/C29H23Cl2N7O2/c1-17-3-5-18(6-4-17)26(39)25-22(16-32)28(38(37-25)21-10-7-19(30)8-11-21)33-13-2-14-34-29(40)27-35-23-12-9-20(31)15-24(23)36-27/h3-12,15,33H,2,13-14H2,1H3,(H,34,40)(H,35,36). The Bertz CT molecular complexity index is 1750. The third kappa shape index (κ3) is 5.69. The van der Waals surface area contributed by atoms with E-state index in [0.717, 1.165) is 5.56 Å². The summed E-state index contributed by atoms with van der Waals surface area (Å²) in [5, 5.41) is 21.7. The van der Waals surface area contributed by atoms with Crippen LogP contribution in [0.1, 0.15) is 44.2 Å². The largest absolute Gasteiger partial charge is 0.369 e. The molecule has 3 aromatic carbocycles. The molecule has 40 heavy (non-hydrogen) atoms. The van der Waals surface area contributed by atoms with Crippen LogP contribution in [0, 0.1) is 18.3 Å². The fraction of sp³-hybridized carbons (Fsp3) is 0.138. The molecule has 3 N–H and O–H groups in total. The van der Waals surface area contributed by atoms with Crippen LogP contribution < -0.4 is 10.6 Å². The van der Waals surface area contributed by atoms with Crippen molar-refractivity contribution >= 4 is 51.7 Å². The van der Waals surface area contributed by atoms with E-state index >= 15 is 0 Å². The maximum atomic E-state index is 13.3. The van der Waals surface area contributed by atoms with Gasteiger partial charge in [-0.15, -0.1) is 0 Å². The zero-order valence-corrected chi connectivity index (χ0v) is 22.8. The number of carbonyl (C=O) groups excluding carboxylic acids is 2. The summed E-state index contributed by atoms with van der Waals surface area (Å²) in [6.07, 6.45) is 0.524. The van der Waals surface area contributed by atoms with Crippen molar-refractivity contribution < 1.29 is 9.59 Å². The number of aryl methyl sites for hydroxylation is 1. The minimum absolute atomic E-state index is 0.0436. The van der Waals surface area contributed by atoms with E-state index in [0.29, 0.717) is 57.7 Å². The highest BCUT2D eigenvalue weighted by Gasteiger charge is 2.25. The molecule has 0 unspecified atom stereocenters. The minimum Gasteiger partial charge on any atom is -0.369 e. The Morgan fingerprint density at radius 3 is 2.45 bits per heavy atom. The van der Waals surface area contributed by atoms with Gasteiger partial charge >= 0.3 is 0 Å². The monoisotopic (exact) mass is 571 g/mol. The molecule has 11 heteroatoms. The molecule has 0 atom stereocenters. The fourth-order valence-electron chi connectivity index (χ4n) is 4.12. The summed E-state index contributed by atoms with van der Waals surface area (Å²) in [7, 11) is 0. The number of fused-ring (bicyclic) bond motifs is 1. The molecule has 0 spiro atoms. The Balaban J connectivity index is 1.32. The number of aromatic amines is 1. The van der Waals surface area contributed by atoms with E-state index in [9.17, 15) is 14.9 Å². The van der Waals surface area contributed by atoms with Gasteiger partial charge in [-0.2, -0.15) is 10.4 Å². The van der Waals surface area contributed by atoms with E-state index in [1.165, 1.54) is 4.68 Å². The van der Waals surface area contributed by atoms with Crippen LogP contribution in [0.2, 0.25) is 10.0 Å². The molecule has 9 nitrogen and oxygen atoms in total. The Kier molecular flexibility index (Phi) is 7.82. The van der Waals surface area contributed by atoms with Gasteiger partial charge < -0.3 is 15.6 Å². The molecule has 0 aliphatic rings. The number of ketones is 1. The van der Waals surface area contributed by atoms with E-state index in [2.05, 4.69) is 31.8 Å². The molecule has 5 rings (SSSR count). The second-order valence-electron chi connectivity index (χ2n) is 9.05. The molecule has 1 amide bonds. The van der Waals surface area contributed by atoms with Gasteiger partial charge in [0.2, 0.25) is 5.78 Å². The number of amides is 1. The maximum absolute atomic E-state index is 13.3. The first-order chi connectivity index (χ1) is 19.3. The molecule has 0 aliphatic carbocycles. The van der Waals surface area contributed by atoms with Crippen molar-refractivity contribution in [3.05, 3.63) is 105 Å². The van der Waals surface area contributed by atoms with Crippen LogP contribution in [-0.2, 0) is 0 Å². The number of nitrogens with zero attached hydrogens (tertiary/aromatic N) is 4. The lowest BCUT2D eigenvalue weighted by molar-refractivity contribution is 0.0943. The van der Waals surface area contributed by atoms with Gasteiger partial charge in [-0.05, 0) is 55.8 Å². The highest BCUT2D eigenvalue weighted by atomic mass is 35.5. The van der Waals surface area contributed by atoms with Crippen molar-refractivity contribution in [2.45, 2.75) is 13.3 Å². The second-order valence-corrected chi connectivity index (χ2v) is 9.92. The van der Waals surface area contributed by atoms with Crippen molar-refractivity contribution in [2.24, 2.45) is 0 Å². The van der Waals surface area contributed by atoms with Crippen molar-refractivity contribution in [3.8, 4) is 11.8 Å². The van der Waals surface area contributed by atoms with E-state index < -0.39 is 0 Å². The van der Waals surface area contributed by atoms with Crippen LogP contribution in [0.25, 0.3) is 16.7 Å². The highest BCUT2D eigenvalue weighted by molar-refractivity contribution is 6.31. The van der Waals surface area contributed by atoms with Crippen LogP contribution in [0.5, 0.6) is 0 Å². The van der Waals surface area contributed by atoms with Crippen LogP contribution >= 0.6 is 23.2 Å². The quantitative estimate of drug-likeness (QED) is 0.154. The Morgan fingerprint density at radius 2 is 1.73 bits per heavy atom. The normalized spacial score (nSPS) is 10.8. The van der Waals surface area contributed by atoms with Crippen LogP contribution in [0.15, 0.2) is 66.7 Å². The molecule has 5 aromatic rings. The number of benzene rings is 3. The summed E-state index contributed by atoms with van der Waals surface area (Å²) in [5.41, 5.74) is 3.58. The van der Waals surface area contributed by atoms with E-state index in [4.69, 9.17) is 23.2 Å². The number of anilines is 1. The fourth-order valence-corrected chi connectivity index (χ4v) is 4.42. The number of halogens is 2. The summed E-state index contributed by atoms with van der Waals surface area (Å²) in [6, 6.07) is 21.3. The number of carbonyl (C=O) groups is 2. The first-order valence-electron chi connectivity index (χ1n) is 12.4. The number of hydrogen-bond donors (Lipinski definition) is 3. The average molecular weight is 572 g/mol. The Morgan fingerprint density at radius 1 is 1.00 bits per heavy atom. The summed E-state index contributed by atoms with van der Waals surface area (Å²) in [4.78, 5) is 33.2. The van der Waals surface area contributed by atoms with Crippen LogP contribution in [-0.4, -0.2) is 44.5 Å². The smallest absolute Gasteiger partial charge is 0.287 e. The SMILES string of the molecule is Cc1ccc(C(=O)c2nn(-c3ccc(Cl)cc3)c(NCCCNC(=O)c3nc4cc(Cl)ccc4[nH]3)c2C#N)cc1.